The Labute approximate surface area is 163 Å². The highest BCUT2D eigenvalue weighted by Crippen LogP contribution is 2.34. The number of carboxylic acids is 1. The van der Waals surface area contributed by atoms with Crippen LogP contribution in [-0.4, -0.2) is 39.3 Å². The van der Waals surface area contributed by atoms with Gasteiger partial charge in [0, 0.05) is 24.3 Å². The molecule has 27 heavy (non-hydrogen) atoms. The summed E-state index contributed by atoms with van der Waals surface area (Å²) in [5.41, 5.74) is 0. The maximum absolute atomic E-state index is 12.2. The Hall–Kier alpha value is -1.46. The van der Waals surface area contributed by atoms with E-state index in [-0.39, 0.29) is 24.0 Å². The molecule has 0 heterocycles. The molecule has 0 bridgehead atoms. The minimum Gasteiger partial charge on any atom is -0.478 e. The Morgan fingerprint density at radius 1 is 1.30 bits per heavy atom. The van der Waals surface area contributed by atoms with E-state index in [4.69, 9.17) is 5.11 Å². The molecule has 1 fully saturated rings. The first kappa shape index (κ1) is 23.6. The molecule has 1 aliphatic rings. The summed E-state index contributed by atoms with van der Waals surface area (Å²) in [4.78, 5) is 22.6. The van der Waals surface area contributed by atoms with E-state index >= 15 is 0 Å². The number of carbonyl (C=O) groups is 2. The minimum absolute atomic E-state index is 0.0871. The molecule has 0 aromatic heterocycles. The smallest absolute Gasteiger partial charge is 0.327 e. The van der Waals surface area contributed by atoms with Gasteiger partial charge in [-0.25, -0.2) is 4.79 Å². The van der Waals surface area contributed by atoms with Crippen molar-refractivity contribution in [1.29, 1.82) is 0 Å². The number of aliphatic hydroxyl groups excluding tert-OH is 2. The molecule has 0 amide bonds. The number of hydrogen-bond donors (Lipinski definition) is 3. The zero-order chi connectivity index (χ0) is 20.2. The van der Waals surface area contributed by atoms with E-state index in [1.807, 2.05) is 6.08 Å². The van der Waals surface area contributed by atoms with Crippen LogP contribution in [0.4, 0.5) is 0 Å². The maximum Gasteiger partial charge on any atom is 0.327 e. The molecule has 0 radical (unpaired) electrons. The third-order valence-electron chi connectivity index (χ3n) is 5.38. The molecule has 5 heteroatoms. The van der Waals surface area contributed by atoms with Crippen molar-refractivity contribution in [3.8, 4) is 0 Å². The number of aliphatic hydroxyl groups is 2. The van der Waals surface area contributed by atoms with Gasteiger partial charge in [-0.05, 0) is 31.6 Å². The summed E-state index contributed by atoms with van der Waals surface area (Å²) < 4.78 is 0. The largest absolute Gasteiger partial charge is 0.478 e. The van der Waals surface area contributed by atoms with Crippen LogP contribution >= 0.6 is 0 Å². The van der Waals surface area contributed by atoms with Gasteiger partial charge in [-0.15, -0.1) is 0 Å². The van der Waals surface area contributed by atoms with Crippen LogP contribution in [0.5, 0.6) is 0 Å². The predicted octanol–water partition coefficient (Wildman–Crippen LogP) is 3.89. The van der Waals surface area contributed by atoms with Crippen LogP contribution in [-0.2, 0) is 9.59 Å². The lowest BCUT2D eigenvalue weighted by Gasteiger charge is -2.18. The van der Waals surface area contributed by atoms with Gasteiger partial charge in [0.05, 0.1) is 12.2 Å². The molecular weight excluding hydrogens is 344 g/mol. The molecule has 1 saturated carbocycles. The Morgan fingerprint density at radius 3 is 2.70 bits per heavy atom. The van der Waals surface area contributed by atoms with Crippen molar-refractivity contribution >= 4 is 11.8 Å². The minimum atomic E-state index is -0.947. The van der Waals surface area contributed by atoms with Gasteiger partial charge in [0.15, 0.2) is 0 Å². The van der Waals surface area contributed by atoms with E-state index in [0.29, 0.717) is 25.2 Å². The SMILES string of the molecule is CCCC[C@H](C)C[C@H](O)/C=C/C1[C@H](O)CC(=O)[C@@H]1CCCC/C=C/C(=O)O. The number of unbranched alkanes of at least 4 members (excludes halogenated alkanes) is 3. The molecular formula is C22H36O5. The fraction of sp³-hybridized carbons (Fsp3) is 0.727. The molecule has 1 aliphatic carbocycles. The zero-order valence-corrected chi connectivity index (χ0v) is 16.7. The van der Waals surface area contributed by atoms with Crippen molar-refractivity contribution in [2.45, 2.75) is 83.8 Å². The summed E-state index contributed by atoms with van der Waals surface area (Å²) >= 11 is 0. The van der Waals surface area contributed by atoms with E-state index in [2.05, 4.69) is 13.8 Å². The van der Waals surface area contributed by atoms with E-state index in [0.717, 1.165) is 38.2 Å². The molecule has 1 unspecified atom stereocenters. The number of rotatable bonds is 13. The normalized spacial score (nSPS) is 25.5. The molecule has 0 saturated heterocycles. The van der Waals surface area contributed by atoms with Crippen LogP contribution in [0, 0.1) is 17.8 Å². The lowest BCUT2D eigenvalue weighted by molar-refractivity contribution is -0.131. The Balaban J connectivity index is 2.47. The molecule has 1 rings (SSSR count). The van der Waals surface area contributed by atoms with Gasteiger partial charge in [-0.3, -0.25) is 4.79 Å². The molecule has 0 aromatic rings. The number of hydrogen-bond acceptors (Lipinski definition) is 4. The van der Waals surface area contributed by atoms with Crippen LogP contribution < -0.4 is 0 Å². The number of Topliss-reactive ketones (excluding diaryl/α,β-unsaturated/α-hetero) is 1. The third kappa shape index (κ3) is 9.34. The summed E-state index contributed by atoms with van der Waals surface area (Å²) in [6.45, 7) is 4.30. The van der Waals surface area contributed by atoms with E-state index in [1.165, 1.54) is 0 Å². The fourth-order valence-corrected chi connectivity index (χ4v) is 3.82. The number of carbonyl (C=O) groups excluding carboxylic acids is 1. The molecule has 154 valence electrons. The van der Waals surface area contributed by atoms with Gasteiger partial charge in [-0.1, -0.05) is 57.8 Å². The standard InChI is InChI=1S/C22H36O5/c1-3-4-9-16(2)14-17(23)12-13-19-18(20(24)15-21(19)25)10-7-5-6-8-11-22(26)27/h8,11-13,16-19,21,23,25H,3-7,9-10,14-15H2,1-2H3,(H,26,27)/b11-8+,13-12+/t16-,17+,18+,19?,21+/m0/s1. The summed E-state index contributed by atoms with van der Waals surface area (Å²) in [7, 11) is 0. The second-order valence-corrected chi connectivity index (χ2v) is 7.88. The summed E-state index contributed by atoms with van der Waals surface area (Å²) in [5.74, 6) is -0.840. The van der Waals surface area contributed by atoms with Gasteiger partial charge in [0.2, 0.25) is 0 Å². The Kier molecular flexibility index (Phi) is 11.2. The first-order valence-electron chi connectivity index (χ1n) is 10.3. The topological polar surface area (TPSA) is 94.8 Å². The van der Waals surface area contributed by atoms with Gasteiger partial charge < -0.3 is 15.3 Å². The number of ketones is 1. The van der Waals surface area contributed by atoms with Gasteiger partial charge >= 0.3 is 5.97 Å². The first-order valence-corrected chi connectivity index (χ1v) is 10.3. The fourth-order valence-electron chi connectivity index (χ4n) is 3.82. The predicted molar refractivity (Wildman–Crippen MR) is 106 cm³/mol. The highest BCUT2D eigenvalue weighted by atomic mass is 16.4. The van der Waals surface area contributed by atoms with E-state index < -0.39 is 18.2 Å². The number of aliphatic carboxylic acids is 1. The second kappa shape index (κ2) is 12.8. The van der Waals surface area contributed by atoms with Crippen molar-refractivity contribution in [3.63, 3.8) is 0 Å². The third-order valence-corrected chi connectivity index (χ3v) is 5.38. The molecule has 3 N–H and O–H groups in total. The summed E-state index contributed by atoms with van der Waals surface area (Å²) in [5, 5.41) is 29.0. The Morgan fingerprint density at radius 2 is 2.04 bits per heavy atom. The van der Waals surface area contributed by atoms with Crippen molar-refractivity contribution in [1.82, 2.24) is 0 Å². The molecule has 5 atom stereocenters. The molecule has 0 aliphatic heterocycles. The highest BCUT2D eigenvalue weighted by Gasteiger charge is 2.39. The molecule has 0 spiro atoms. The quantitative estimate of drug-likeness (QED) is 0.256. The lowest BCUT2D eigenvalue weighted by atomic mass is 9.88. The zero-order valence-electron chi connectivity index (χ0n) is 16.7. The number of carboxylic acid groups (broad SMARTS) is 1. The van der Waals surface area contributed by atoms with Crippen LogP contribution in [0.25, 0.3) is 0 Å². The highest BCUT2D eigenvalue weighted by molar-refractivity contribution is 5.84. The van der Waals surface area contributed by atoms with Crippen LogP contribution in [0.3, 0.4) is 0 Å². The average molecular weight is 381 g/mol. The average Bonchev–Trinajstić information content (AvgIpc) is 2.87. The van der Waals surface area contributed by atoms with Crippen molar-refractivity contribution in [2.24, 2.45) is 17.8 Å². The van der Waals surface area contributed by atoms with Gasteiger partial charge in [-0.2, -0.15) is 0 Å². The van der Waals surface area contributed by atoms with Gasteiger partial charge in [0.1, 0.15) is 5.78 Å². The van der Waals surface area contributed by atoms with E-state index in [9.17, 15) is 19.8 Å². The summed E-state index contributed by atoms with van der Waals surface area (Å²) in [6.07, 6.45) is 12.4. The van der Waals surface area contributed by atoms with E-state index in [1.54, 1.807) is 12.2 Å². The monoisotopic (exact) mass is 380 g/mol. The van der Waals surface area contributed by atoms with Crippen molar-refractivity contribution in [3.05, 3.63) is 24.3 Å². The van der Waals surface area contributed by atoms with Crippen molar-refractivity contribution in [2.75, 3.05) is 0 Å². The van der Waals surface area contributed by atoms with Crippen LogP contribution in [0.15, 0.2) is 24.3 Å². The van der Waals surface area contributed by atoms with Crippen LogP contribution in [0.1, 0.15) is 71.6 Å². The van der Waals surface area contributed by atoms with Crippen LogP contribution in [0.2, 0.25) is 0 Å². The van der Waals surface area contributed by atoms with Gasteiger partial charge in [0.25, 0.3) is 0 Å². The second-order valence-electron chi connectivity index (χ2n) is 7.88. The maximum atomic E-state index is 12.2. The summed E-state index contributed by atoms with van der Waals surface area (Å²) in [6, 6.07) is 0. The lowest BCUT2D eigenvalue weighted by Crippen LogP contribution is -2.19. The first-order chi connectivity index (χ1) is 12.8. The molecule has 5 nitrogen and oxygen atoms in total. The Bertz CT molecular complexity index is 511. The molecule has 0 aromatic carbocycles. The number of allylic oxidation sites excluding steroid dienone is 1. The van der Waals surface area contributed by atoms with Crippen molar-refractivity contribution < 1.29 is 24.9 Å².